The first-order valence-corrected chi connectivity index (χ1v) is 11.3. The summed E-state index contributed by atoms with van der Waals surface area (Å²) in [5, 5.41) is 0.738. The molecule has 4 rings (SSSR count). The minimum absolute atomic E-state index is 0.00565. The van der Waals surface area contributed by atoms with Gasteiger partial charge in [-0.15, -0.1) is 0 Å². The van der Waals surface area contributed by atoms with E-state index < -0.39 is 0 Å². The Morgan fingerprint density at radius 2 is 2.13 bits per heavy atom. The SMILES string of the molecule is CCC1CSC(=Nc2cccc(C)c2)N1C(=O)CCc1ncc(-c2ccccc2F)o1. The van der Waals surface area contributed by atoms with Crippen LogP contribution in [0.4, 0.5) is 10.1 Å². The van der Waals surface area contributed by atoms with Crippen molar-refractivity contribution in [3.8, 4) is 11.3 Å². The van der Waals surface area contributed by atoms with E-state index in [4.69, 9.17) is 9.41 Å². The largest absolute Gasteiger partial charge is 0.441 e. The summed E-state index contributed by atoms with van der Waals surface area (Å²) < 4.78 is 19.7. The summed E-state index contributed by atoms with van der Waals surface area (Å²) in [5.74, 6) is 1.25. The molecule has 3 aromatic rings. The van der Waals surface area contributed by atoms with Crippen molar-refractivity contribution < 1.29 is 13.6 Å². The number of aliphatic imine (C=N–C) groups is 1. The van der Waals surface area contributed by atoms with Crippen molar-refractivity contribution in [3.05, 3.63) is 72.0 Å². The van der Waals surface area contributed by atoms with E-state index in [0.29, 0.717) is 23.6 Å². The van der Waals surface area contributed by atoms with Crippen molar-refractivity contribution in [1.82, 2.24) is 9.88 Å². The molecule has 1 saturated heterocycles. The molecule has 7 heteroatoms. The van der Waals surface area contributed by atoms with Crippen LogP contribution in [0.3, 0.4) is 0 Å². The van der Waals surface area contributed by atoms with Gasteiger partial charge in [0.05, 0.1) is 17.4 Å². The molecule has 0 N–H and O–H groups in total. The number of carbonyl (C=O) groups is 1. The van der Waals surface area contributed by atoms with Gasteiger partial charge in [0.1, 0.15) is 5.82 Å². The van der Waals surface area contributed by atoms with E-state index in [1.165, 1.54) is 12.3 Å². The number of rotatable bonds is 6. The highest BCUT2D eigenvalue weighted by Crippen LogP contribution is 2.30. The first-order chi connectivity index (χ1) is 15.0. The number of hydrogen-bond donors (Lipinski definition) is 0. The summed E-state index contributed by atoms with van der Waals surface area (Å²) in [5.41, 5.74) is 2.34. The van der Waals surface area contributed by atoms with Crippen LogP contribution in [-0.2, 0) is 11.2 Å². The zero-order valence-corrected chi connectivity index (χ0v) is 18.4. The first-order valence-electron chi connectivity index (χ1n) is 10.3. The molecule has 1 atom stereocenters. The van der Waals surface area contributed by atoms with E-state index in [1.807, 2.05) is 36.1 Å². The number of amides is 1. The normalized spacial score (nSPS) is 17.5. The third kappa shape index (κ3) is 4.88. The van der Waals surface area contributed by atoms with E-state index in [0.717, 1.165) is 28.6 Å². The Morgan fingerprint density at radius 3 is 2.90 bits per heavy atom. The molecular weight excluding hydrogens is 413 g/mol. The topological polar surface area (TPSA) is 58.7 Å². The van der Waals surface area contributed by atoms with Crippen LogP contribution in [0.2, 0.25) is 0 Å². The molecule has 160 valence electrons. The van der Waals surface area contributed by atoms with Crippen LogP contribution in [0.1, 0.15) is 31.2 Å². The molecule has 31 heavy (non-hydrogen) atoms. The van der Waals surface area contributed by atoms with Crippen molar-refractivity contribution in [3.63, 3.8) is 0 Å². The minimum atomic E-state index is -0.363. The molecular formula is C24H24FN3O2S. The Hall–Kier alpha value is -2.93. The Morgan fingerprint density at radius 1 is 1.29 bits per heavy atom. The Labute approximate surface area is 185 Å². The molecule has 5 nitrogen and oxygen atoms in total. The molecule has 1 unspecified atom stereocenters. The fraction of sp³-hybridized carbons (Fsp3) is 0.292. The van der Waals surface area contributed by atoms with Crippen LogP contribution in [0, 0.1) is 12.7 Å². The third-order valence-corrected chi connectivity index (χ3v) is 6.29. The van der Waals surface area contributed by atoms with Gasteiger partial charge in [-0.25, -0.2) is 14.4 Å². The van der Waals surface area contributed by atoms with Gasteiger partial charge in [0.15, 0.2) is 16.8 Å². The van der Waals surface area contributed by atoms with E-state index in [9.17, 15) is 9.18 Å². The van der Waals surface area contributed by atoms with Crippen molar-refractivity contribution in [1.29, 1.82) is 0 Å². The quantitative estimate of drug-likeness (QED) is 0.492. The predicted molar refractivity (Wildman–Crippen MR) is 122 cm³/mol. The Bertz CT molecular complexity index is 1110. The van der Waals surface area contributed by atoms with Crippen LogP contribution in [-0.4, -0.2) is 32.8 Å². The molecule has 1 aliphatic heterocycles. The lowest BCUT2D eigenvalue weighted by atomic mass is 10.2. The summed E-state index contributed by atoms with van der Waals surface area (Å²) in [7, 11) is 0. The fourth-order valence-corrected chi connectivity index (χ4v) is 4.81. The van der Waals surface area contributed by atoms with Crippen LogP contribution in [0.5, 0.6) is 0 Å². The standard InChI is InChI=1S/C24H24FN3O2S/c1-3-18-15-31-24(27-17-8-6-7-16(2)13-17)28(18)23(29)12-11-22-26-14-21(30-22)19-9-4-5-10-20(19)25/h4-10,13-14,18H,3,11-12,15H2,1-2H3. The van der Waals surface area contributed by atoms with Gasteiger partial charge in [-0.1, -0.05) is 43.0 Å². The predicted octanol–water partition coefficient (Wildman–Crippen LogP) is 5.76. The number of aromatic nitrogens is 1. The zero-order valence-electron chi connectivity index (χ0n) is 17.5. The highest BCUT2D eigenvalue weighted by atomic mass is 32.2. The van der Waals surface area contributed by atoms with E-state index in [-0.39, 0.29) is 24.2 Å². The van der Waals surface area contributed by atoms with Gasteiger partial charge in [0.25, 0.3) is 0 Å². The van der Waals surface area contributed by atoms with Gasteiger partial charge in [0, 0.05) is 24.6 Å². The molecule has 0 aliphatic carbocycles. The molecule has 0 radical (unpaired) electrons. The van der Waals surface area contributed by atoms with Gasteiger partial charge in [-0.3, -0.25) is 9.69 Å². The number of oxazole rings is 1. The molecule has 1 aromatic heterocycles. The lowest BCUT2D eigenvalue weighted by molar-refractivity contribution is -0.128. The maximum absolute atomic E-state index is 14.0. The average molecular weight is 438 g/mol. The van der Waals surface area contributed by atoms with Gasteiger partial charge >= 0.3 is 0 Å². The Kier molecular flexibility index (Phi) is 6.51. The smallest absolute Gasteiger partial charge is 0.229 e. The van der Waals surface area contributed by atoms with Crippen molar-refractivity contribution in [2.24, 2.45) is 4.99 Å². The van der Waals surface area contributed by atoms with Gasteiger partial charge in [-0.2, -0.15) is 0 Å². The second-order valence-corrected chi connectivity index (χ2v) is 8.46. The van der Waals surface area contributed by atoms with Gasteiger partial charge in [0.2, 0.25) is 5.91 Å². The lowest BCUT2D eigenvalue weighted by Crippen LogP contribution is -2.39. The highest BCUT2D eigenvalue weighted by Gasteiger charge is 2.33. The lowest BCUT2D eigenvalue weighted by Gasteiger charge is -2.23. The molecule has 1 amide bonds. The fourth-order valence-electron chi connectivity index (χ4n) is 3.52. The molecule has 0 saturated carbocycles. The summed E-state index contributed by atoms with van der Waals surface area (Å²) in [6.07, 6.45) is 2.97. The minimum Gasteiger partial charge on any atom is -0.441 e. The maximum atomic E-state index is 14.0. The summed E-state index contributed by atoms with van der Waals surface area (Å²) >= 11 is 1.61. The second kappa shape index (κ2) is 9.47. The number of nitrogens with zero attached hydrogens (tertiary/aromatic N) is 3. The summed E-state index contributed by atoms with van der Waals surface area (Å²) in [6, 6.07) is 14.5. The van der Waals surface area contributed by atoms with Crippen molar-refractivity contribution >= 4 is 28.5 Å². The van der Waals surface area contributed by atoms with Gasteiger partial charge in [-0.05, 0) is 43.2 Å². The van der Waals surface area contributed by atoms with E-state index in [2.05, 4.69) is 11.9 Å². The number of benzene rings is 2. The Balaban J connectivity index is 1.47. The number of thioether (sulfide) groups is 1. The zero-order chi connectivity index (χ0) is 21.8. The van der Waals surface area contributed by atoms with Crippen molar-refractivity contribution in [2.75, 3.05) is 5.75 Å². The number of halogens is 1. The monoisotopic (exact) mass is 437 g/mol. The van der Waals surface area contributed by atoms with Crippen LogP contribution >= 0.6 is 11.8 Å². The second-order valence-electron chi connectivity index (χ2n) is 7.47. The first kappa shape index (κ1) is 21.3. The molecule has 2 aromatic carbocycles. The molecule has 1 fully saturated rings. The van der Waals surface area contributed by atoms with Crippen LogP contribution in [0.25, 0.3) is 11.3 Å². The molecule has 1 aliphatic rings. The molecule has 2 heterocycles. The summed E-state index contributed by atoms with van der Waals surface area (Å²) in [6.45, 7) is 4.10. The molecule has 0 bridgehead atoms. The average Bonchev–Trinajstić information content (AvgIpc) is 3.39. The maximum Gasteiger partial charge on any atom is 0.229 e. The summed E-state index contributed by atoms with van der Waals surface area (Å²) in [4.78, 5) is 23.9. The van der Waals surface area contributed by atoms with Crippen molar-refractivity contribution in [2.45, 2.75) is 39.2 Å². The highest BCUT2D eigenvalue weighted by molar-refractivity contribution is 8.14. The van der Waals surface area contributed by atoms with E-state index in [1.54, 1.807) is 30.0 Å². The number of carbonyl (C=O) groups excluding carboxylic acids is 1. The van der Waals surface area contributed by atoms with E-state index >= 15 is 0 Å². The number of amidine groups is 1. The number of hydrogen-bond acceptors (Lipinski definition) is 5. The third-order valence-electron chi connectivity index (χ3n) is 5.19. The molecule has 0 spiro atoms. The van der Waals surface area contributed by atoms with Gasteiger partial charge < -0.3 is 4.42 Å². The van der Waals surface area contributed by atoms with Crippen LogP contribution in [0.15, 0.2) is 64.1 Å². The number of aryl methyl sites for hydroxylation is 2. The van der Waals surface area contributed by atoms with Crippen LogP contribution < -0.4 is 0 Å².